The zero-order valence-electron chi connectivity index (χ0n) is 12.6. The Balaban J connectivity index is 2.36. The molecule has 2 heterocycles. The fourth-order valence-corrected chi connectivity index (χ4v) is 3.18. The molecule has 0 bridgehead atoms. The summed E-state index contributed by atoms with van der Waals surface area (Å²) >= 11 is 3.43. The van der Waals surface area contributed by atoms with Crippen molar-refractivity contribution in [2.24, 2.45) is 12.8 Å². The van der Waals surface area contributed by atoms with Gasteiger partial charge in [0.15, 0.2) is 0 Å². The van der Waals surface area contributed by atoms with E-state index in [1.807, 2.05) is 31.2 Å². The molecule has 1 aromatic carbocycles. The van der Waals surface area contributed by atoms with E-state index in [0.29, 0.717) is 11.3 Å². The van der Waals surface area contributed by atoms with Crippen molar-refractivity contribution in [3.05, 3.63) is 73.4 Å². The van der Waals surface area contributed by atoms with Crippen LogP contribution in [0.2, 0.25) is 0 Å². The number of hydrogen-bond acceptors (Lipinski definition) is 4. The quantitative estimate of drug-likeness (QED) is 0.835. The van der Waals surface area contributed by atoms with Gasteiger partial charge in [0.1, 0.15) is 17.4 Å². The minimum atomic E-state index is -0.541. The van der Waals surface area contributed by atoms with Gasteiger partial charge in [0, 0.05) is 23.3 Å². The molecule has 116 valence electrons. The van der Waals surface area contributed by atoms with Crippen LogP contribution in [0.3, 0.4) is 0 Å². The molecule has 23 heavy (non-hydrogen) atoms. The van der Waals surface area contributed by atoms with Gasteiger partial charge in [-0.2, -0.15) is 5.26 Å². The van der Waals surface area contributed by atoms with E-state index in [1.54, 1.807) is 17.7 Å². The van der Waals surface area contributed by atoms with Crippen LogP contribution in [0.25, 0.3) is 0 Å². The van der Waals surface area contributed by atoms with Crippen LogP contribution in [-0.4, -0.2) is 4.57 Å². The van der Waals surface area contributed by atoms with Crippen molar-refractivity contribution in [3.8, 4) is 11.8 Å². The van der Waals surface area contributed by atoms with Crippen molar-refractivity contribution in [3.63, 3.8) is 0 Å². The largest absolute Gasteiger partial charge is 0.440 e. The molecule has 0 aliphatic carbocycles. The number of fused-ring (bicyclic) bond motifs is 1. The summed E-state index contributed by atoms with van der Waals surface area (Å²) in [5.41, 5.74) is 7.98. The molecule has 0 unspecified atom stereocenters. The number of nitriles is 1. The molecule has 0 fully saturated rings. The molecule has 1 aromatic heterocycles. The summed E-state index contributed by atoms with van der Waals surface area (Å²) in [5, 5.41) is 9.51. The molecule has 5 nitrogen and oxygen atoms in total. The number of benzene rings is 1. The minimum absolute atomic E-state index is 0.0395. The first-order chi connectivity index (χ1) is 10.9. The first kappa shape index (κ1) is 15.4. The number of allylic oxidation sites excluding steroid dienone is 1. The third-order valence-corrected chi connectivity index (χ3v) is 4.53. The lowest BCUT2D eigenvalue weighted by atomic mass is 9.84. The smallest absolute Gasteiger partial charge is 0.258 e. The average Bonchev–Trinajstić information content (AvgIpc) is 2.51. The Morgan fingerprint density at radius 3 is 2.78 bits per heavy atom. The van der Waals surface area contributed by atoms with E-state index in [0.717, 1.165) is 15.7 Å². The van der Waals surface area contributed by atoms with Gasteiger partial charge in [0.2, 0.25) is 5.88 Å². The van der Waals surface area contributed by atoms with Gasteiger partial charge in [0.05, 0.1) is 11.5 Å². The molecule has 3 rings (SSSR count). The molecule has 2 N–H and O–H groups in total. The van der Waals surface area contributed by atoms with E-state index in [-0.39, 0.29) is 17.0 Å². The second-order valence-corrected chi connectivity index (χ2v) is 6.32. The number of nitrogens with two attached hydrogens (primary N) is 1. The fraction of sp³-hybridized carbons (Fsp3) is 0.176. The molecule has 0 saturated carbocycles. The first-order valence-corrected chi connectivity index (χ1v) is 7.77. The van der Waals surface area contributed by atoms with Crippen molar-refractivity contribution < 1.29 is 4.74 Å². The summed E-state index contributed by atoms with van der Waals surface area (Å²) in [4.78, 5) is 12.8. The second-order valence-electron chi connectivity index (χ2n) is 5.41. The van der Waals surface area contributed by atoms with Crippen molar-refractivity contribution in [2.75, 3.05) is 0 Å². The van der Waals surface area contributed by atoms with Gasteiger partial charge < -0.3 is 15.0 Å². The monoisotopic (exact) mass is 371 g/mol. The van der Waals surface area contributed by atoms with Gasteiger partial charge in [-0.3, -0.25) is 4.79 Å². The fourth-order valence-electron chi connectivity index (χ4n) is 2.76. The molecule has 2 aromatic rings. The second kappa shape index (κ2) is 5.60. The normalized spacial score (nSPS) is 16.5. The molecule has 1 aliphatic heterocycles. The topological polar surface area (TPSA) is 81.0 Å². The molecule has 1 atom stereocenters. The highest BCUT2D eigenvalue weighted by atomic mass is 79.9. The maximum absolute atomic E-state index is 12.8. The molecule has 0 saturated heterocycles. The molecule has 6 heteroatoms. The SMILES string of the molecule is Cc1cc2c(c(=O)n1C)[C@H](c1cccc(Br)c1)C(C#N)=C(N)O2. The van der Waals surface area contributed by atoms with Crippen molar-refractivity contribution in [2.45, 2.75) is 12.8 Å². The Morgan fingerprint density at radius 2 is 2.13 bits per heavy atom. The minimum Gasteiger partial charge on any atom is -0.440 e. The van der Waals surface area contributed by atoms with E-state index in [4.69, 9.17) is 10.5 Å². The lowest BCUT2D eigenvalue weighted by Gasteiger charge is -2.26. The molecule has 1 aliphatic rings. The van der Waals surface area contributed by atoms with Gasteiger partial charge >= 0.3 is 0 Å². The lowest BCUT2D eigenvalue weighted by Crippen LogP contribution is -2.31. The van der Waals surface area contributed by atoms with E-state index in [1.165, 1.54) is 0 Å². The maximum Gasteiger partial charge on any atom is 0.258 e. The van der Waals surface area contributed by atoms with Gasteiger partial charge in [-0.05, 0) is 24.6 Å². The number of nitrogens with zero attached hydrogens (tertiary/aromatic N) is 2. The van der Waals surface area contributed by atoms with Crippen LogP contribution in [0, 0.1) is 18.3 Å². The highest BCUT2D eigenvalue weighted by Gasteiger charge is 2.33. The molecule has 0 amide bonds. The predicted octanol–water partition coefficient (Wildman–Crippen LogP) is 2.67. The zero-order valence-corrected chi connectivity index (χ0v) is 14.2. The summed E-state index contributed by atoms with van der Waals surface area (Å²) in [6, 6.07) is 11.3. The van der Waals surface area contributed by atoms with Crippen LogP contribution in [0.1, 0.15) is 22.7 Å². The number of aryl methyl sites for hydroxylation is 1. The first-order valence-electron chi connectivity index (χ1n) is 6.97. The molecular weight excluding hydrogens is 358 g/mol. The van der Waals surface area contributed by atoms with Gasteiger partial charge in [0.25, 0.3) is 5.56 Å². The third kappa shape index (κ3) is 2.43. The van der Waals surface area contributed by atoms with E-state index < -0.39 is 5.92 Å². The van der Waals surface area contributed by atoms with Gasteiger partial charge in [-0.1, -0.05) is 28.1 Å². The highest BCUT2D eigenvalue weighted by Crippen LogP contribution is 2.40. The van der Waals surface area contributed by atoms with Gasteiger partial charge in [-0.25, -0.2) is 0 Å². The summed E-state index contributed by atoms with van der Waals surface area (Å²) in [5.74, 6) is -0.0924. The molecule has 0 spiro atoms. The van der Waals surface area contributed by atoms with Crippen LogP contribution in [0.5, 0.6) is 5.75 Å². The Bertz CT molecular complexity index is 938. The Hall–Kier alpha value is -2.52. The highest BCUT2D eigenvalue weighted by molar-refractivity contribution is 9.10. The summed E-state index contributed by atoms with van der Waals surface area (Å²) < 4.78 is 7.95. The van der Waals surface area contributed by atoms with Crippen LogP contribution in [0.15, 0.2) is 51.1 Å². The number of rotatable bonds is 1. The number of pyridine rings is 1. The van der Waals surface area contributed by atoms with E-state index in [9.17, 15) is 10.1 Å². The van der Waals surface area contributed by atoms with Crippen molar-refractivity contribution >= 4 is 15.9 Å². The third-order valence-electron chi connectivity index (χ3n) is 4.03. The molecule has 0 radical (unpaired) electrons. The summed E-state index contributed by atoms with van der Waals surface area (Å²) in [6.45, 7) is 1.82. The zero-order chi connectivity index (χ0) is 16.7. The van der Waals surface area contributed by atoms with E-state index >= 15 is 0 Å². The Morgan fingerprint density at radius 1 is 1.39 bits per heavy atom. The average molecular weight is 372 g/mol. The van der Waals surface area contributed by atoms with Crippen LogP contribution in [0.4, 0.5) is 0 Å². The van der Waals surface area contributed by atoms with E-state index in [2.05, 4.69) is 22.0 Å². The van der Waals surface area contributed by atoms with Crippen LogP contribution < -0.4 is 16.0 Å². The maximum atomic E-state index is 12.8. The van der Waals surface area contributed by atoms with Gasteiger partial charge in [-0.15, -0.1) is 0 Å². The standard InChI is InChI=1S/C17H14BrN3O2/c1-9-6-13-15(17(22)21(9)2)14(12(8-19)16(20)23-13)10-4-3-5-11(18)7-10/h3-7,14H,20H2,1-2H3/t14-/m1/s1. The van der Waals surface area contributed by atoms with Crippen molar-refractivity contribution in [1.82, 2.24) is 4.57 Å². The predicted molar refractivity (Wildman–Crippen MR) is 89.9 cm³/mol. The number of ether oxygens (including phenoxy) is 1. The Labute approximate surface area is 141 Å². The molecular formula is C17H14BrN3O2. The summed E-state index contributed by atoms with van der Waals surface area (Å²) in [7, 11) is 1.70. The number of aromatic nitrogens is 1. The Kier molecular flexibility index (Phi) is 3.74. The number of hydrogen-bond donors (Lipinski definition) is 1. The van der Waals surface area contributed by atoms with Crippen LogP contribution >= 0.6 is 15.9 Å². The van der Waals surface area contributed by atoms with Crippen molar-refractivity contribution in [1.29, 1.82) is 5.26 Å². The summed E-state index contributed by atoms with van der Waals surface area (Å²) in [6.07, 6.45) is 0. The van der Waals surface area contributed by atoms with Crippen LogP contribution in [-0.2, 0) is 7.05 Å². The lowest BCUT2D eigenvalue weighted by molar-refractivity contribution is 0.389. The number of halogens is 1.